The maximum Gasteiger partial charge on any atom is 0.353 e. The van der Waals surface area contributed by atoms with Crippen LogP contribution in [0.2, 0.25) is 0 Å². The van der Waals surface area contributed by atoms with Gasteiger partial charge in [0.2, 0.25) is 6.29 Å². The fourth-order valence-electron chi connectivity index (χ4n) is 2.99. The van der Waals surface area contributed by atoms with Crippen molar-refractivity contribution in [2.45, 2.75) is 26.1 Å². The Labute approximate surface area is 184 Å². The number of methoxy groups -OCH3 is 1. The normalized spacial score (nSPS) is 17.2. The van der Waals surface area contributed by atoms with Crippen LogP contribution in [0.4, 0.5) is 0 Å². The molecule has 160 valence electrons. The van der Waals surface area contributed by atoms with E-state index in [1.165, 1.54) is 11.8 Å². The van der Waals surface area contributed by atoms with Crippen LogP contribution >= 0.6 is 23.4 Å². The minimum absolute atomic E-state index is 0.0194. The Morgan fingerprint density at radius 1 is 1.23 bits per heavy atom. The van der Waals surface area contributed by atoms with Crippen LogP contribution in [0.25, 0.3) is 10.8 Å². The molecule has 2 aromatic carbocycles. The van der Waals surface area contributed by atoms with Gasteiger partial charge in [0, 0.05) is 12.4 Å². The van der Waals surface area contributed by atoms with Crippen LogP contribution in [-0.4, -0.2) is 44.3 Å². The molecule has 0 bridgehead atoms. The monoisotopic (exact) mass is 450 g/mol. The molecule has 2 unspecified atom stereocenters. The summed E-state index contributed by atoms with van der Waals surface area (Å²) in [7, 11) is 1.63. The van der Waals surface area contributed by atoms with E-state index in [2.05, 4.69) is 0 Å². The summed E-state index contributed by atoms with van der Waals surface area (Å²) in [5, 5.41) is 2.08. The van der Waals surface area contributed by atoms with E-state index in [1.807, 2.05) is 43.3 Å². The number of cyclic esters (lactones) is 1. The van der Waals surface area contributed by atoms with Crippen LogP contribution in [-0.2, 0) is 23.8 Å². The average molecular weight is 451 g/mol. The second kappa shape index (κ2) is 10.2. The molecule has 1 aliphatic heterocycles. The molecular weight excluding hydrogens is 428 g/mol. The number of halogens is 1. The summed E-state index contributed by atoms with van der Waals surface area (Å²) >= 11 is 7.27. The quantitative estimate of drug-likeness (QED) is 0.408. The van der Waals surface area contributed by atoms with E-state index >= 15 is 0 Å². The predicted octanol–water partition coefficient (Wildman–Crippen LogP) is 4.60. The van der Waals surface area contributed by atoms with Crippen molar-refractivity contribution >= 4 is 46.1 Å². The number of ether oxygens (including phenoxy) is 4. The standard InChI is InChI=1S/C22H23ClO6S/c1-4-27-22-19(18(23)21(25)29-22)30-10-9-28-20(24)13(2)14-5-6-16-12-17(26-3)8-7-15(16)11-14/h5-8,11-13,22H,4,9-10H2,1-3H3. The molecule has 2 aromatic rings. The topological polar surface area (TPSA) is 71.1 Å². The van der Waals surface area contributed by atoms with Gasteiger partial charge in [0.25, 0.3) is 0 Å². The van der Waals surface area contributed by atoms with Crippen LogP contribution in [0.5, 0.6) is 5.75 Å². The zero-order valence-electron chi connectivity index (χ0n) is 17.0. The first-order valence-electron chi connectivity index (χ1n) is 9.54. The number of fused-ring (bicyclic) bond motifs is 1. The summed E-state index contributed by atoms with van der Waals surface area (Å²) in [6, 6.07) is 11.7. The summed E-state index contributed by atoms with van der Waals surface area (Å²) < 4.78 is 21.1. The molecule has 6 nitrogen and oxygen atoms in total. The number of carbonyl (C=O) groups is 2. The van der Waals surface area contributed by atoms with Gasteiger partial charge < -0.3 is 18.9 Å². The molecule has 1 aliphatic rings. The van der Waals surface area contributed by atoms with Gasteiger partial charge >= 0.3 is 11.9 Å². The first-order valence-corrected chi connectivity index (χ1v) is 10.9. The SMILES string of the molecule is CCOC1OC(=O)C(Cl)=C1SCCOC(=O)C(C)c1ccc2cc(OC)ccc2c1. The number of hydrogen-bond donors (Lipinski definition) is 0. The maximum atomic E-state index is 12.5. The molecular formula is C22H23ClO6S. The van der Waals surface area contributed by atoms with Crippen LogP contribution in [0, 0.1) is 0 Å². The highest BCUT2D eigenvalue weighted by Gasteiger charge is 2.34. The zero-order chi connectivity index (χ0) is 21.7. The first-order chi connectivity index (χ1) is 14.4. The van der Waals surface area contributed by atoms with Crippen molar-refractivity contribution in [3.63, 3.8) is 0 Å². The van der Waals surface area contributed by atoms with E-state index in [4.69, 9.17) is 30.5 Å². The third-order valence-corrected chi connectivity index (χ3v) is 6.20. The smallest absolute Gasteiger partial charge is 0.353 e. The van der Waals surface area contributed by atoms with Crippen molar-refractivity contribution in [2.24, 2.45) is 0 Å². The van der Waals surface area contributed by atoms with Gasteiger partial charge in [-0.1, -0.05) is 35.9 Å². The molecule has 0 saturated heterocycles. The molecule has 0 amide bonds. The second-order valence-corrected chi connectivity index (χ2v) is 8.10. The molecule has 0 spiro atoms. The number of carbonyl (C=O) groups excluding carboxylic acids is 2. The van der Waals surface area contributed by atoms with Gasteiger partial charge in [-0.25, -0.2) is 4.79 Å². The van der Waals surface area contributed by atoms with Gasteiger partial charge in [0.1, 0.15) is 17.4 Å². The Kier molecular flexibility index (Phi) is 7.64. The molecule has 0 radical (unpaired) electrons. The van der Waals surface area contributed by atoms with Crippen molar-refractivity contribution in [1.82, 2.24) is 0 Å². The fourth-order valence-corrected chi connectivity index (χ4v) is 4.14. The number of rotatable bonds is 9. The van der Waals surface area contributed by atoms with Crippen LogP contribution < -0.4 is 4.74 Å². The van der Waals surface area contributed by atoms with Crippen molar-refractivity contribution in [2.75, 3.05) is 26.1 Å². The highest BCUT2D eigenvalue weighted by atomic mass is 35.5. The van der Waals surface area contributed by atoms with Crippen LogP contribution in [0.1, 0.15) is 25.3 Å². The molecule has 0 aromatic heterocycles. The lowest BCUT2D eigenvalue weighted by atomic mass is 9.98. The molecule has 0 saturated carbocycles. The fraction of sp³-hybridized carbons (Fsp3) is 0.364. The Bertz CT molecular complexity index is 973. The second-order valence-electron chi connectivity index (χ2n) is 6.58. The Morgan fingerprint density at radius 3 is 2.70 bits per heavy atom. The highest BCUT2D eigenvalue weighted by molar-refractivity contribution is 8.03. The lowest BCUT2D eigenvalue weighted by Gasteiger charge is -2.14. The lowest BCUT2D eigenvalue weighted by molar-refractivity contribution is -0.157. The first kappa shape index (κ1) is 22.5. The molecule has 0 fully saturated rings. The van der Waals surface area contributed by atoms with Gasteiger partial charge in [0.15, 0.2) is 0 Å². The Hall–Kier alpha value is -2.22. The number of thioether (sulfide) groups is 1. The Morgan fingerprint density at radius 2 is 1.97 bits per heavy atom. The average Bonchev–Trinajstić information content (AvgIpc) is 3.02. The predicted molar refractivity (Wildman–Crippen MR) is 117 cm³/mol. The van der Waals surface area contributed by atoms with Gasteiger partial charge in [-0.2, -0.15) is 0 Å². The molecule has 1 heterocycles. The van der Waals surface area contributed by atoms with E-state index in [0.717, 1.165) is 22.1 Å². The minimum Gasteiger partial charge on any atom is -0.497 e. The van der Waals surface area contributed by atoms with Gasteiger partial charge in [-0.05, 0) is 42.3 Å². The van der Waals surface area contributed by atoms with E-state index in [-0.39, 0.29) is 17.6 Å². The van der Waals surface area contributed by atoms with Crippen LogP contribution in [0.15, 0.2) is 46.3 Å². The molecule has 3 rings (SSSR count). The maximum absolute atomic E-state index is 12.5. The van der Waals surface area contributed by atoms with Gasteiger partial charge in [-0.15, -0.1) is 11.8 Å². The number of esters is 2. The van der Waals surface area contributed by atoms with Crippen molar-refractivity contribution in [3.8, 4) is 5.75 Å². The van der Waals surface area contributed by atoms with E-state index in [1.54, 1.807) is 14.0 Å². The zero-order valence-corrected chi connectivity index (χ0v) is 18.5. The van der Waals surface area contributed by atoms with Gasteiger partial charge in [0.05, 0.1) is 17.9 Å². The summed E-state index contributed by atoms with van der Waals surface area (Å²) in [5.41, 5.74) is 0.877. The van der Waals surface area contributed by atoms with Crippen molar-refractivity contribution < 1.29 is 28.5 Å². The summed E-state index contributed by atoms with van der Waals surface area (Å²) in [6.45, 7) is 4.18. The van der Waals surface area contributed by atoms with Crippen molar-refractivity contribution in [3.05, 3.63) is 51.9 Å². The van der Waals surface area contributed by atoms with Crippen molar-refractivity contribution in [1.29, 1.82) is 0 Å². The summed E-state index contributed by atoms with van der Waals surface area (Å²) in [4.78, 5) is 24.6. The highest BCUT2D eigenvalue weighted by Crippen LogP contribution is 2.35. The van der Waals surface area contributed by atoms with E-state index in [0.29, 0.717) is 17.3 Å². The number of hydrogen-bond acceptors (Lipinski definition) is 7. The molecule has 2 atom stereocenters. The van der Waals surface area contributed by atoms with Gasteiger partial charge in [-0.3, -0.25) is 4.79 Å². The molecule has 0 aliphatic carbocycles. The number of benzene rings is 2. The van der Waals surface area contributed by atoms with E-state index < -0.39 is 18.2 Å². The third-order valence-electron chi connectivity index (χ3n) is 4.65. The Balaban J connectivity index is 1.54. The van der Waals surface area contributed by atoms with Crippen LogP contribution in [0.3, 0.4) is 0 Å². The summed E-state index contributed by atoms with van der Waals surface area (Å²) in [6.07, 6.45) is -0.786. The molecule has 0 N–H and O–H groups in total. The summed E-state index contributed by atoms with van der Waals surface area (Å²) in [5.74, 6) is -0.101. The molecule has 30 heavy (non-hydrogen) atoms. The lowest BCUT2D eigenvalue weighted by Crippen LogP contribution is -2.17. The van der Waals surface area contributed by atoms with E-state index in [9.17, 15) is 9.59 Å². The molecule has 8 heteroatoms. The largest absolute Gasteiger partial charge is 0.497 e. The minimum atomic E-state index is -0.786. The third kappa shape index (κ3) is 5.09.